The first-order valence-corrected chi connectivity index (χ1v) is 8.75. The Morgan fingerprint density at radius 1 is 0.810 bits per heavy atom. The molecule has 0 amide bonds. The molecule has 0 heteroatoms. The Hall–Kier alpha value is -0.780. The Morgan fingerprint density at radius 3 is 1.67 bits per heavy atom. The third kappa shape index (κ3) is 2.91. The van der Waals surface area contributed by atoms with Gasteiger partial charge >= 0.3 is 0 Å². The van der Waals surface area contributed by atoms with Gasteiger partial charge in [0.15, 0.2) is 0 Å². The quantitative estimate of drug-likeness (QED) is 0.504. The summed E-state index contributed by atoms with van der Waals surface area (Å²) in [7, 11) is 0. The molecule has 120 valence electrons. The van der Waals surface area contributed by atoms with Crippen molar-refractivity contribution in [1.82, 2.24) is 0 Å². The van der Waals surface area contributed by atoms with Crippen molar-refractivity contribution in [2.24, 2.45) is 16.2 Å². The van der Waals surface area contributed by atoms with Gasteiger partial charge in [-0.05, 0) is 40.6 Å². The van der Waals surface area contributed by atoms with Crippen LogP contribution in [-0.4, -0.2) is 0 Å². The first-order valence-electron chi connectivity index (χ1n) is 8.75. The summed E-state index contributed by atoms with van der Waals surface area (Å²) in [6, 6.07) is 11.0. The normalized spacial score (nSPS) is 15.0. The van der Waals surface area contributed by atoms with Crippen molar-refractivity contribution in [1.29, 1.82) is 0 Å². The van der Waals surface area contributed by atoms with Gasteiger partial charge in [0, 0.05) is 0 Å². The lowest BCUT2D eigenvalue weighted by atomic mass is 9.46. The molecule has 0 nitrogen and oxygen atoms in total. The molecule has 1 aromatic rings. The molecule has 0 fully saturated rings. The summed E-state index contributed by atoms with van der Waals surface area (Å²) in [6.45, 7) is 19.5. The van der Waals surface area contributed by atoms with Crippen LogP contribution >= 0.6 is 0 Å². The monoisotopic (exact) mass is 288 g/mol. The van der Waals surface area contributed by atoms with E-state index in [4.69, 9.17) is 0 Å². The molecule has 0 aromatic heterocycles. The Morgan fingerprint density at radius 2 is 1.29 bits per heavy atom. The second kappa shape index (κ2) is 6.55. The maximum absolute atomic E-state index is 2.50. The molecule has 0 saturated carbocycles. The SMILES string of the molecule is CCC(C)(C)C(CC)(CC)C(C)(C)C(C)c1ccccc1. The van der Waals surface area contributed by atoms with Crippen LogP contribution < -0.4 is 0 Å². The lowest BCUT2D eigenvalue weighted by molar-refractivity contribution is -0.0758. The number of hydrogen-bond acceptors (Lipinski definition) is 0. The molecule has 0 spiro atoms. The van der Waals surface area contributed by atoms with Crippen LogP contribution in [0, 0.1) is 16.2 Å². The van der Waals surface area contributed by atoms with Gasteiger partial charge in [-0.1, -0.05) is 92.1 Å². The van der Waals surface area contributed by atoms with E-state index in [1.54, 1.807) is 0 Å². The predicted molar refractivity (Wildman–Crippen MR) is 95.7 cm³/mol. The van der Waals surface area contributed by atoms with Crippen molar-refractivity contribution in [3.63, 3.8) is 0 Å². The lowest BCUT2D eigenvalue weighted by Crippen LogP contribution is -2.50. The summed E-state index contributed by atoms with van der Waals surface area (Å²) in [6.07, 6.45) is 3.72. The molecular weight excluding hydrogens is 252 g/mol. The van der Waals surface area contributed by atoms with Crippen molar-refractivity contribution in [2.75, 3.05) is 0 Å². The molecule has 1 aromatic carbocycles. The first kappa shape index (κ1) is 18.3. The average Bonchev–Trinajstić information content (AvgIpc) is 2.48. The molecule has 1 atom stereocenters. The minimum absolute atomic E-state index is 0.261. The third-order valence-electron chi connectivity index (χ3n) is 7.00. The van der Waals surface area contributed by atoms with Gasteiger partial charge in [0.05, 0.1) is 0 Å². The summed E-state index contributed by atoms with van der Waals surface area (Å²) in [4.78, 5) is 0. The molecule has 1 rings (SSSR count). The third-order valence-corrected chi connectivity index (χ3v) is 7.00. The molecule has 0 heterocycles. The van der Waals surface area contributed by atoms with E-state index in [-0.39, 0.29) is 5.41 Å². The zero-order valence-electron chi connectivity index (χ0n) is 15.6. The number of rotatable bonds is 7. The van der Waals surface area contributed by atoms with E-state index in [1.807, 2.05) is 0 Å². The van der Waals surface area contributed by atoms with Crippen LogP contribution in [0.5, 0.6) is 0 Å². The lowest BCUT2D eigenvalue weighted by Gasteiger charge is -2.58. The van der Waals surface area contributed by atoms with Gasteiger partial charge in [0.2, 0.25) is 0 Å². The van der Waals surface area contributed by atoms with Crippen LogP contribution in [0.4, 0.5) is 0 Å². The van der Waals surface area contributed by atoms with E-state index in [9.17, 15) is 0 Å². The van der Waals surface area contributed by atoms with Crippen LogP contribution in [0.3, 0.4) is 0 Å². The van der Waals surface area contributed by atoms with Crippen molar-refractivity contribution >= 4 is 0 Å². The molecule has 0 bridgehead atoms. The molecule has 0 aliphatic heterocycles. The van der Waals surface area contributed by atoms with Crippen LogP contribution in [0.1, 0.15) is 86.1 Å². The van der Waals surface area contributed by atoms with Gasteiger partial charge in [-0.3, -0.25) is 0 Å². The number of hydrogen-bond donors (Lipinski definition) is 0. The van der Waals surface area contributed by atoms with E-state index in [0.717, 1.165) is 0 Å². The van der Waals surface area contributed by atoms with E-state index in [1.165, 1.54) is 24.8 Å². The molecule has 21 heavy (non-hydrogen) atoms. The summed E-state index contributed by atoms with van der Waals surface area (Å²) in [5.74, 6) is 0.560. The van der Waals surface area contributed by atoms with E-state index in [0.29, 0.717) is 16.7 Å². The molecule has 0 aliphatic carbocycles. The zero-order chi connectivity index (χ0) is 16.3. The van der Waals surface area contributed by atoms with Gasteiger partial charge in [0.25, 0.3) is 0 Å². The summed E-state index contributed by atoms with van der Waals surface area (Å²) < 4.78 is 0. The Balaban J connectivity index is 3.35. The molecule has 0 saturated heterocycles. The fourth-order valence-electron chi connectivity index (χ4n) is 4.90. The highest BCUT2D eigenvalue weighted by atomic mass is 14.6. The van der Waals surface area contributed by atoms with Crippen molar-refractivity contribution < 1.29 is 0 Å². The highest BCUT2D eigenvalue weighted by Gasteiger charge is 2.53. The van der Waals surface area contributed by atoms with E-state index >= 15 is 0 Å². The number of benzene rings is 1. The van der Waals surface area contributed by atoms with Crippen LogP contribution in [0.2, 0.25) is 0 Å². The fourth-order valence-corrected chi connectivity index (χ4v) is 4.90. The Kier molecular flexibility index (Phi) is 5.69. The first-order chi connectivity index (χ1) is 9.70. The van der Waals surface area contributed by atoms with Gasteiger partial charge in [-0.15, -0.1) is 0 Å². The van der Waals surface area contributed by atoms with E-state index in [2.05, 4.69) is 85.7 Å². The van der Waals surface area contributed by atoms with Crippen molar-refractivity contribution in [3.05, 3.63) is 35.9 Å². The van der Waals surface area contributed by atoms with Crippen LogP contribution in [0.25, 0.3) is 0 Å². The van der Waals surface area contributed by atoms with Crippen LogP contribution in [0.15, 0.2) is 30.3 Å². The molecule has 0 aliphatic rings. The highest BCUT2D eigenvalue weighted by Crippen LogP contribution is 2.62. The van der Waals surface area contributed by atoms with E-state index < -0.39 is 0 Å². The average molecular weight is 289 g/mol. The molecular formula is C21H36. The minimum atomic E-state index is 0.261. The second-order valence-electron chi connectivity index (χ2n) is 7.88. The fraction of sp³-hybridized carbons (Fsp3) is 0.714. The van der Waals surface area contributed by atoms with Gasteiger partial charge in [0.1, 0.15) is 0 Å². The largest absolute Gasteiger partial charge is 0.0649 e. The summed E-state index contributed by atoms with van der Waals surface area (Å²) in [5, 5.41) is 0. The van der Waals surface area contributed by atoms with Gasteiger partial charge < -0.3 is 0 Å². The smallest absolute Gasteiger partial charge is 0.0134 e. The maximum Gasteiger partial charge on any atom is -0.0134 e. The van der Waals surface area contributed by atoms with Crippen molar-refractivity contribution in [2.45, 2.75) is 80.6 Å². The molecule has 0 radical (unpaired) electrons. The predicted octanol–water partition coefficient (Wildman–Crippen LogP) is 7.06. The summed E-state index contributed by atoms with van der Waals surface area (Å²) in [5.41, 5.74) is 2.44. The molecule has 0 N–H and O–H groups in total. The maximum atomic E-state index is 2.50. The second-order valence-corrected chi connectivity index (χ2v) is 7.88. The van der Waals surface area contributed by atoms with Crippen LogP contribution in [-0.2, 0) is 0 Å². The van der Waals surface area contributed by atoms with Crippen molar-refractivity contribution in [3.8, 4) is 0 Å². The summed E-state index contributed by atoms with van der Waals surface area (Å²) >= 11 is 0. The highest BCUT2D eigenvalue weighted by molar-refractivity contribution is 5.23. The Labute approximate surface area is 133 Å². The topological polar surface area (TPSA) is 0 Å². The van der Waals surface area contributed by atoms with Gasteiger partial charge in [-0.2, -0.15) is 0 Å². The molecule has 1 unspecified atom stereocenters. The standard InChI is InChI=1S/C21H36/c1-9-19(5,6)21(10-2,11-3)20(7,8)17(4)18-15-13-12-14-16-18/h12-17H,9-11H2,1-8H3. The zero-order valence-corrected chi connectivity index (χ0v) is 15.6. The Bertz CT molecular complexity index is 421. The van der Waals surface area contributed by atoms with Gasteiger partial charge in [-0.25, -0.2) is 0 Å². The minimum Gasteiger partial charge on any atom is -0.0649 e.